The maximum absolute atomic E-state index is 10.9. The van der Waals surface area contributed by atoms with Gasteiger partial charge in [-0.25, -0.2) is 0 Å². The Kier molecular flexibility index (Phi) is 5.52. The molecule has 4 heteroatoms. The molecule has 0 aliphatic rings. The molecule has 0 radical (unpaired) electrons. The fraction of sp³-hybridized carbons (Fsp3) is 0.278. The normalized spacial score (nSPS) is 13.4. The van der Waals surface area contributed by atoms with E-state index in [1.54, 1.807) is 11.3 Å². The Morgan fingerprint density at radius 2 is 1.91 bits per heavy atom. The van der Waals surface area contributed by atoms with Crippen molar-refractivity contribution in [2.45, 2.75) is 32.2 Å². The molecule has 1 aromatic heterocycles. The fourth-order valence-corrected chi connectivity index (χ4v) is 2.87. The maximum Gasteiger partial charge on any atom is 0.320 e. The highest BCUT2D eigenvalue weighted by Crippen LogP contribution is 2.27. The molecule has 1 aromatic carbocycles. The van der Waals surface area contributed by atoms with Crippen LogP contribution in [0.2, 0.25) is 0 Å². The molecule has 1 unspecified atom stereocenters. The third-order valence-electron chi connectivity index (χ3n) is 3.61. The van der Waals surface area contributed by atoms with Gasteiger partial charge in [0.2, 0.25) is 0 Å². The fourth-order valence-electron chi connectivity index (χ4n) is 2.21. The summed E-state index contributed by atoms with van der Waals surface area (Å²) in [6.45, 7) is 4.33. The zero-order chi connectivity index (χ0) is 16.1. The second-order valence-corrected chi connectivity index (χ2v) is 6.37. The third kappa shape index (κ3) is 4.06. The van der Waals surface area contributed by atoms with Crippen LogP contribution in [0.3, 0.4) is 0 Å². The van der Waals surface area contributed by atoms with Gasteiger partial charge in [0.25, 0.3) is 0 Å². The molecule has 3 N–H and O–H groups in total. The average Bonchev–Trinajstić information content (AvgIpc) is 3.01. The van der Waals surface area contributed by atoms with Crippen molar-refractivity contribution in [1.29, 1.82) is 0 Å². The zero-order valence-corrected chi connectivity index (χ0v) is 13.6. The number of hydrogen-bond acceptors (Lipinski definition) is 3. The SMILES string of the molecule is CC(C)c1ccc(/C(=C/CC(N)C(=O)O)c2ccsc2)cc1. The van der Waals surface area contributed by atoms with Crippen LogP contribution in [0.1, 0.15) is 42.9 Å². The number of carbonyl (C=O) groups is 1. The van der Waals surface area contributed by atoms with Crippen molar-refractivity contribution < 1.29 is 9.90 Å². The zero-order valence-electron chi connectivity index (χ0n) is 12.8. The van der Waals surface area contributed by atoms with Crippen LogP contribution in [0.5, 0.6) is 0 Å². The summed E-state index contributed by atoms with van der Waals surface area (Å²) >= 11 is 1.62. The Morgan fingerprint density at radius 3 is 2.41 bits per heavy atom. The van der Waals surface area contributed by atoms with E-state index in [1.807, 2.05) is 17.5 Å². The van der Waals surface area contributed by atoms with Crippen molar-refractivity contribution in [2.75, 3.05) is 0 Å². The minimum absolute atomic E-state index is 0.312. The van der Waals surface area contributed by atoms with E-state index in [4.69, 9.17) is 10.8 Å². The molecule has 0 saturated heterocycles. The summed E-state index contributed by atoms with van der Waals surface area (Å²) in [5.41, 5.74) is 10.1. The smallest absolute Gasteiger partial charge is 0.320 e. The van der Waals surface area contributed by atoms with Crippen molar-refractivity contribution in [3.05, 3.63) is 63.9 Å². The Morgan fingerprint density at radius 1 is 1.23 bits per heavy atom. The van der Waals surface area contributed by atoms with E-state index >= 15 is 0 Å². The number of carboxylic acids is 1. The Labute approximate surface area is 135 Å². The molecule has 0 spiro atoms. The predicted octanol–water partition coefficient (Wildman–Crippen LogP) is 4.11. The minimum Gasteiger partial charge on any atom is -0.480 e. The van der Waals surface area contributed by atoms with Gasteiger partial charge in [0.15, 0.2) is 0 Å². The number of thiophene rings is 1. The number of nitrogens with two attached hydrogens (primary N) is 1. The number of carboxylic acid groups (broad SMARTS) is 1. The summed E-state index contributed by atoms with van der Waals surface area (Å²) in [6, 6.07) is 9.59. The van der Waals surface area contributed by atoms with E-state index < -0.39 is 12.0 Å². The predicted molar refractivity (Wildman–Crippen MR) is 92.2 cm³/mol. The van der Waals surface area contributed by atoms with Gasteiger partial charge in [0.05, 0.1) is 0 Å². The first-order valence-electron chi connectivity index (χ1n) is 7.30. The average molecular weight is 315 g/mol. The van der Waals surface area contributed by atoms with E-state index in [1.165, 1.54) is 5.56 Å². The first kappa shape index (κ1) is 16.5. The molecule has 1 heterocycles. The lowest BCUT2D eigenvalue weighted by molar-refractivity contribution is -0.138. The Hall–Kier alpha value is -1.91. The van der Waals surface area contributed by atoms with E-state index in [0.717, 1.165) is 16.7 Å². The highest BCUT2D eigenvalue weighted by Gasteiger charge is 2.12. The van der Waals surface area contributed by atoms with Gasteiger partial charge in [-0.3, -0.25) is 4.79 Å². The Balaban J connectivity index is 2.32. The van der Waals surface area contributed by atoms with E-state index in [2.05, 4.69) is 43.5 Å². The molecule has 22 heavy (non-hydrogen) atoms. The van der Waals surface area contributed by atoms with Gasteiger partial charge in [-0.15, -0.1) is 0 Å². The van der Waals surface area contributed by atoms with Crippen molar-refractivity contribution in [2.24, 2.45) is 5.73 Å². The van der Waals surface area contributed by atoms with Crippen LogP contribution in [0, 0.1) is 0 Å². The molecule has 0 saturated carbocycles. The van der Waals surface area contributed by atoms with Crippen LogP contribution in [0.25, 0.3) is 5.57 Å². The summed E-state index contributed by atoms with van der Waals surface area (Å²) in [7, 11) is 0. The van der Waals surface area contributed by atoms with Gasteiger partial charge in [-0.05, 0) is 51.4 Å². The van der Waals surface area contributed by atoms with Gasteiger partial charge in [-0.2, -0.15) is 11.3 Å². The van der Waals surface area contributed by atoms with Crippen LogP contribution in [0.15, 0.2) is 47.2 Å². The number of rotatable bonds is 6. The topological polar surface area (TPSA) is 63.3 Å². The van der Waals surface area contributed by atoms with Gasteiger partial charge < -0.3 is 10.8 Å². The van der Waals surface area contributed by atoms with Crippen molar-refractivity contribution >= 4 is 22.9 Å². The summed E-state index contributed by atoms with van der Waals surface area (Å²) in [5.74, 6) is -0.487. The van der Waals surface area contributed by atoms with Crippen LogP contribution in [-0.2, 0) is 4.79 Å². The van der Waals surface area contributed by atoms with Crippen molar-refractivity contribution in [1.82, 2.24) is 0 Å². The van der Waals surface area contributed by atoms with Gasteiger partial charge in [-0.1, -0.05) is 44.2 Å². The lowest BCUT2D eigenvalue weighted by atomic mass is 9.95. The summed E-state index contributed by atoms with van der Waals surface area (Å²) in [4.78, 5) is 10.9. The minimum atomic E-state index is -0.976. The molecular formula is C18H21NO2S. The van der Waals surface area contributed by atoms with Gasteiger partial charge in [0, 0.05) is 0 Å². The standard InChI is InChI=1S/C18H21NO2S/c1-12(2)13-3-5-14(6-4-13)16(15-9-10-22-11-15)7-8-17(19)18(20)21/h3-7,9-12,17H,8,19H2,1-2H3,(H,20,21)/b16-7-. The molecule has 1 atom stereocenters. The van der Waals surface area contributed by atoms with Gasteiger partial charge in [0.1, 0.15) is 6.04 Å². The molecular weight excluding hydrogens is 294 g/mol. The molecule has 0 aliphatic carbocycles. The van der Waals surface area contributed by atoms with Crippen molar-refractivity contribution in [3.63, 3.8) is 0 Å². The van der Waals surface area contributed by atoms with Crippen LogP contribution < -0.4 is 5.73 Å². The van der Waals surface area contributed by atoms with E-state index in [9.17, 15) is 4.79 Å². The molecule has 0 amide bonds. The number of aliphatic carboxylic acids is 1. The molecule has 3 nitrogen and oxygen atoms in total. The summed E-state index contributed by atoms with van der Waals surface area (Å²) in [6.07, 6.45) is 2.23. The number of hydrogen-bond donors (Lipinski definition) is 2. The van der Waals surface area contributed by atoms with E-state index in [0.29, 0.717) is 12.3 Å². The highest BCUT2D eigenvalue weighted by atomic mass is 32.1. The molecule has 2 rings (SSSR count). The summed E-state index contributed by atoms with van der Waals surface area (Å²) in [5, 5.41) is 13.0. The molecule has 0 aliphatic heterocycles. The second-order valence-electron chi connectivity index (χ2n) is 5.59. The number of benzene rings is 1. The van der Waals surface area contributed by atoms with Crippen molar-refractivity contribution in [3.8, 4) is 0 Å². The molecule has 116 valence electrons. The third-order valence-corrected chi connectivity index (χ3v) is 4.30. The van der Waals surface area contributed by atoms with E-state index in [-0.39, 0.29) is 0 Å². The first-order chi connectivity index (χ1) is 10.5. The highest BCUT2D eigenvalue weighted by molar-refractivity contribution is 7.08. The van der Waals surface area contributed by atoms with Gasteiger partial charge >= 0.3 is 5.97 Å². The second kappa shape index (κ2) is 7.38. The lowest BCUT2D eigenvalue weighted by Crippen LogP contribution is -2.29. The van der Waals surface area contributed by atoms with Crippen LogP contribution >= 0.6 is 11.3 Å². The maximum atomic E-state index is 10.9. The largest absolute Gasteiger partial charge is 0.480 e. The van der Waals surface area contributed by atoms with Crippen LogP contribution in [0.4, 0.5) is 0 Å². The van der Waals surface area contributed by atoms with Crippen LogP contribution in [-0.4, -0.2) is 17.1 Å². The monoisotopic (exact) mass is 315 g/mol. The molecule has 0 bridgehead atoms. The summed E-state index contributed by atoms with van der Waals surface area (Å²) < 4.78 is 0. The Bertz CT molecular complexity index is 642. The quantitative estimate of drug-likeness (QED) is 0.843. The molecule has 2 aromatic rings. The molecule has 0 fully saturated rings. The first-order valence-corrected chi connectivity index (χ1v) is 8.24. The lowest BCUT2D eigenvalue weighted by Gasteiger charge is -2.11.